The fourth-order valence-electron chi connectivity index (χ4n) is 2.71. The lowest BCUT2D eigenvalue weighted by Crippen LogP contribution is -2.37. The summed E-state index contributed by atoms with van der Waals surface area (Å²) >= 11 is 0. The fraction of sp³-hybridized carbons (Fsp3) is 0.500. The van der Waals surface area contributed by atoms with Gasteiger partial charge in [-0.3, -0.25) is 0 Å². The monoisotopic (exact) mass is 272 g/mol. The van der Waals surface area contributed by atoms with E-state index in [-0.39, 0.29) is 0 Å². The van der Waals surface area contributed by atoms with Crippen molar-refractivity contribution in [2.45, 2.75) is 12.8 Å². The smallest absolute Gasteiger partial charge is 0.250 e. The van der Waals surface area contributed by atoms with Gasteiger partial charge >= 0.3 is 0 Å². The molecule has 1 saturated heterocycles. The zero-order chi connectivity index (χ0) is 13.8. The van der Waals surface area contributed by atoms with Crippen molar-refractivity contribution in [1.29, 1.82) is 0 Å². The van der Waals surface area contributed by atoms with E-state index in [1.807, 2.05) is 30.3 Å². The highest BCUT2D eigenvalue weighted by Gasteiger charge is 2.19. The van der Waals surface area contributed by atoms with Crippen LogP contribution < -0.4 is 10.2 Å². The predicted molar refractivity (Wildman–Crippen MR) is 78.0 cm³/mol. The Morgan fingerprint density at radius 3 is 2.95 bits per heavy atom. The summed E-state index contributed by atoms with van der Waals surface area (Å²) in [5, 5.41) is 15.5. The highest BCUT2D eigenvalue weighted by Crippen LogP contribution is 2.17. The Hall–Kier alpha value is -1.95. The van der Waals surface area contributed by atoms with Crippen LogP contribution in [-0.4, -0.2) is 46.9 Å². The Morgan fingerprint density at radius 2 is 2.20 bits per heavy atom. The van der Waals surface area contributed by atoms with E-state index in [0.717, 1.165) is 31.3 Å². The Bertz CT molecular complexity index is 532. The van der Waals surface area contributed by atoms with Gasteiger partial charge in [0.15, 0.2) is 0 Å². The molecule has 0 spiro atoms. The molecule has 1 aromatic heterocycles. The van der Waals surface area contributed by atoms with Gasteiger partial charge in [0.25, 0.3) is 0 Å². The Labute approximate surface area is 118 Å². The van der Waals surface area contributed by atoms with Crippen molar-refractivity contribution in [3.05, 3.63) is 30.3 Å². The van der Waals surface area contributed by atoms with Crippen LogP contribution in [0.2, 0.25) is 0 Å². The summed E-state index contributed by atoms with van der Waals surface area (Å²) in [7, 11) is 2.06. The van der Waals surface area contributed by atoms with Gasteiger partial charge in [-0.15, -0.1) is 0 Å². The van der Waals surface area contributed by atoms with E-state index in [1.165, 1.54) is 12.8 Å². The Morgan fingerprint density at radius 1 is 1.35 bits per heavy atom. The molecule has 0 amide bonds. The Kier molecular flexibility index (Phi) is 3.92. The van der Waals surface area contributed by atoms with E-state index >= 15 is 0 Å². The minimum atomic E-state index is 0.662. The third kappa shape index (κ3) is 2.80. The molecule has 0 saturated carbocycles. The molecule has 1 aromatic carbocycles. The molecule has 2 heterocycles. The number of nitrogens with one attached hydrogen (secondary N) is 1. The maximum absolute atomic E-state index is 4.17. The number of hydrogen-bond acceptors (Lipinski definition) is 5. The molecule has 6 nitrogen and oxygen atoms in total. The number of para-hydroxylation sites is 1. The first-order chi connectivity index (χ1) is 9.84. The second kappa shape index (κ2) is 6.00. The molecule has 1 fully saturated rings. The van der Waals surface area contributed by atoms with Gasteiger partial charge in [0.05, 0.1) is 5.69 Å². The molecule has 20 heavy (non-hydrogen) atoms. The summed E-state index contributed by atoms with van der Waals surface area (Å²) in [5.41, 5.74) is 0.987. The van der Waals surface area contributed by atoms with Crippen molar-refractivity contribution in [2.75, 3.05) is 31.6 Å². The number of anilines is 1. The minimum absolute atomic E-state index is 0.662. The van der Waals surface area contributed by atoms with Gasteiger partial charge in [-0.2, -0.15) is 4.68 Å². The van der Waals surface area contributed by atoms with Gasteiger partial charge in [-0.1, -0.05) is 23.3 Å². The number of piperidine rings is 1. The van der Waals surface area contributed by atoms with E-state index in [0.29, 0.717) is 5.92 Å². The van der Waals surface area contributed by atoms with Crippen LogP contribution in [0.25, 0.3) is 5.69 Å². The van der Waals surface area contributed by atoms with Gasteiger partial charge in [-0.05, 0) is 54.4 Å². The van der Waals surface area contributed by atoms with E-state index in [1.54, 1.807) is 4.68 Å². The quantitative estimate of drug-likeness (QED) is 0.903. The number of rotatable bonds is 4. The number of aromatic nitrogens is 4. The van der Waals surface area contributed by atoms with Gasteiger partial charge < -0.3 is 10.2 Å². The topological polar surface area (TPSA) is 58.9 Å². The fourth-order valence-corrected chi connectivity index (χ4v) is 2.71. The lowest BCUT2D eigenvalue weighted by molar-refractivity contribution is 0.379. The summed E-state index contributed by atoms with van der Waals surface area (Å²) in [6.07, 6.45) is 2.52. The molecule has 1 unspecified atom stereocenters. The van der Waals surface area contributed by atoms with Crippen molar-refractivity contribution >= 4 is 5.95 Å². The first kappa shape index (κ1) is 13.1. The summed E-state index contributed by atoms with van der Waals surface area (Å²) in [6.45, 7) is 3.19. The molecule has 0 aliphatic carbocycles. The molecule has 0 bridgehead atoms. The third-order valence-electron chi connectivity index (χ3n) is 3.73. The molecule has 1 aliphatic heterocycles. The SMILES string of the molecule is CN(CC1CCCNC1)c1nnnn1-c1ccccc1. The number of hydrogen-bond donors (Lipinski definition) is 1. The van der Waals surface area contributed by atoms with Crippen LogP contribution in [-0.2, 0) is 0 Å². The van der Waals surface area contributed by atoms with Gasteiger partial charge in [0.2, 0.25) is 5.95 Å². The van der Waals surface area contributed by atoms with E-state index < -0.39 is 0 Å². The average molecular weight is 272 g/mol. The maximum atomic E-state index is 4.17. The molecule has 1 aliphatic rings. The van der Waals surface area contributed by atoms with Gasteiger partial charge in [-0.25, -0.2) is 0 Å². The predicted octanol–water partition coefficient (Wildman–Crippen LogP) is 1.10. The second-order valence-electron chi connectivity index (χ2n) is 5.32. The standard InChI is InChI=1S/C14H20N6/c1-19(11-12-6-5-9-15-10-12)14-16-17-18-20(14)13-7-3-2-4-8-13/h2-4,7-8,12,15H,5-6,9-11H2,1H3. The average Bonchev–Trinajstić information content (AvgIpc) is 2.99. The number of nitrogens with zero attached hydrogens (tertiary/aromatic N) is 5. The molecule has 3 rings (SSSR count). The molecule has 0 radical (unpaired) electrons. The zero-order valence-corrected chi connectivity index (χ0v) is 11.7. The van der Waals surface area contributed by atoms with Gasteiger partial charge in [0.1, 0.15) is 0 Å². The lowest BCUT2D eigenvalue weighted by atomic mass is 9.99. The molecule has 6 heteroatoms. The summed E-state index contributed by atoms with van der Waals surface area (Å²) in [5.74, 6) is 1.46. The number of benzene rings is 1. The number of tetrazole rings is 1. The molecule has 1 N–H and O–H groups in total. The maximum Gasteiger partial charge on any atom is 0.250 e. The Balaban J connectivity index is 1.75. The zero-order valence-electron chi connectivity index (χ0n) is 11.7. The van der Waals surface area contributed by atoms with E-state index in [4.69, 9.17) is 0 Å². The molecular weight excluding hydrogens is 252 g/mol. The highest BCUT2D eigenvalue weighted by atomic mass is 15.6. The van der Waals surface area contributed by atoms with Crippen molar-refractivity contribution < 1.29 is 0 Å². The first-order valence-electron chi connectivity index (χ1n) is 7.10. The van der Waals surface area contributed by atoms with Crippen LogP contribution in [0.1, 0.15) is 12.8 Å². The molecular formula is C14H20N6. The normalized spacial score (nSPS) is 18.9. The summed E-state index contributed by atoms with van der Waals surface area (Å²) < 4.78 is 1.79. The van der Waals surface area contributed by atoms with Crippen molar-refractivity contribution in [1.82, 2.24) is 25.5 Å². The minimum Gasteiger partial charge on any atom is -0.342 e. The molecule has 106 valence electrons. The van der Waals surface area contributed by atoms with E-state index in [2.05, 4.69) is 32.8 Å². The first-order valence-corrected chi connectivity index (χ1v) is 7.10. The van der Waals surface area contributed by atoms with Crippen LogP contribution in [0, 0.1) is 5.92 Å². The molecule has 2 aromatic rings. The molecule has 1 atom stereocenters. The van der Waals surface area contributed by atoms with Crippen molar-refractivity contribution in [3.63, 3.8) is 0 Å². The van der Waals surface area contributed by atoms with Crippen LogP contribution in [0.15, 0.2) is 30.3 Å². The van der Waals surface area contributed by atoms with E-state index in [9.17, 15) is 0 Å². The van der Waals surface area contributed by atoms with Gasteiger partial charge in [0, 0.05) is 13.6 Å². The highest BCUT2D eigenvalue weighted by molar-refractivity contribution is 5.39. The van der Waals surface area contributed by atoms with Crippen molar-refractivity contribution in [2.24, 2.45) is 5.92 Å². The second-order valence-corrected chi connectivity index (χ2v) is 5.32. The van der Waals surface area contributed by atoms with Crippen LogP contribution in [0.4, 0.5) is 5.95 Å². The summed E-state index contributed by atoms with van der Waals surface area (Å²) in [6, 6.07) is 9.99. The van der Waals surface area contributed by atoms with Crippen LogP contribution in [0.3, 0.4) is 0 Å². The summed E-state index contributed by atoms with van der Waals surface area (Å²) in [4.78, 5) is 2.14. The third-order valence-corrected chi connectivity index (χ3v) is 3.73. The van der Waals surface area contributed by atoms with Crippen LogP contribution >= 0.6 is 0 Å². The lowest BCUT2D eigenvalue weighted by Gasteiger charge is -2.27. The van der Waals surface area contributed by atoms with Crippen molar-refractivity contribution in [3.8, 4) is 5.69 Å². The van der Waals surface area contributed by atoms with Crippen LogP contribution in [0.5, 0.6) is 0 Å². The largest absolute Gasteiger partial charge is 0.342 e.